The number of nitrogens with two attached hydrogens (primary N) is 1. The minimum Gasteiger partial charge on any atom is -0.480 e. The van der Waals surface area contributed by atoms with Crippen LogP contribution in [0.2, 0.25) is 0 Å². The molecule has 0 aliphatic rings. The highest BCUT2D eigenvalue weighted by atomic mass is 16.5. The molecule has 0 radical (unpaired) electrons. The van der Waals surface area contributed by atoms with E-state index in [1.54, 1.807) is 0 Å². The van der Waals surface area contributed by atoms with Crippen LogP contribution < -0.4 is 11.1 Å². The summed E-state index contributed by atoms with van der Waals surface area (Å²) in [5.41, 5.74) is 5.51. The molecule has 0 aromatic heterocycles. The van der Waals surface area contributed by atoms with Crippen molar-refractivity contribution in [2.45, 2.75) is 276 Å². The van der Waals surface area contributed by atoms with Crippen molar-refractivity contribution in [1.29, 1.82) is 0 Å². The van der Waals surface area contributed by atoms with E-state index >= 15 is 0 Å². The molecule has 1 amide bonds. The standard InChI is InChI=1S/C57H102N2O5/c1-3-5-7-9-11-13-15-17-19-20-21-22-23-24-25-26-28-30-32-34-36-41-45-51-56(61)64-53(47-42-38-35-33-31-29-27-18-16-14-12-10-8-6-4-2)48-43-39-37-40-44-50-55(60)59-54(57(62)63)49-46-52-58/h5,7,11,13,17,19,21-22,24-25,53-54H,3-4,6,8-10,12,14-16,18,20,23,26-52,58H2,1-2H3,(H,59,60)(H,62,63)/b7-5-,13-11-,19-17-,22-21-,25-24-. The summed E-state index contributed by atoms with van der Waals surface area (Å²) in [6.07, 6.45) is 65.7. The molecule has 0 bridgehead atoms. The zero-order chi connectivity index (χ0) is 46.7. The van der Waals surface area contributed by atoms with Crippen LogP contribution in [0.15, 0.2) is 60.8 Å². The Balaban J connectivity index is 4.28. The van der Waals surface area contributed by atoms with Crippen LogP contribution >= 0.6 is 0 Å². The number of hydrogen-bond acceptors (Lipinski definition) is 5. The molecule has 0 aliphatic heterocycles. The maximum atomic E-state index is 12.9. The Labute approximate surface area is 395 Å². The molecular formula is C57H102N2O5. The lowest BCUT2D eigenvalue weighted by molar-refractivity contribution is -0.150. The molecule has 0 aliphatic carbocycles. The van der Waals surface area contributed by atoms with E-state index in [0.29, 0.717) is 32.2 Å². The van der Waals surface area contributed by atoms with Crippen LogP contribution in [0.1, 0.15) is 264 Å². The zero-order valence-corrected chi connectivity index (χ0v) is 41.9. The van der Waals surface area contributed by atoms with Crippen LogP contribution in [-0.2, 0) is 19.1 Å². The molecule has 0 rings (SSSR count). The molecule has 0 aromatic carbocycles. The van der Waals surface area contributed by atoms with Gasteiger partial charge in [-0.1, -0.05) is 216 Å². The van der Waals surface area contributed by atoms with Gasteiger partial charge in [0.25, 0.3) is 0 Å². The number of hydrogen-bond donors (Lipinski definition) is 3. The predicted molar refractivity (Wildman–Crippen MR) is 276 cm³/mol. The van der Waals surface area contributed by atoms with Crippen molar-refractivity contribution < 1.29 is 24.2 Å². The lowest BCUT2D eigenvalue weighted by Gasteiger charge is -2.18. The summed E-state index contributed by atoms with van der Waals surface area (Å²) in [6.45, 7) is 4.86. The number of allylic oxidation sites excluding steroid dienone is 10. The third-order valence-electron chi connectivity index (χ3n) is 12.1. The van der Waals surface area contributed by atoms with Crippen LogP contribution in [0.4, 0.5) is 0 Å². The second-order valence-electron chi connectivity index (χ2n) is 18.3. The molecule has 4 N–H and O–H groups in total. The summed E-state index contributed by atoms with van der Waals surface area (Å²) >= 11 is 0. The van der Waals surface area contributed by atoms with Gasteiger partial charge in [-0.15, -0.1) is 0 Å². The molecule has 7 heteroatoms. The lowest BCUT2D eigenvalue weighted by atomic mass is 10.0. The van der Waals surface area contributed by atoms with Crippen LogP contribution in [0, 0.1) is 0 Å². The van der Waals surface area contributed by atoms with Gasteiger partial charge in [-0.2, -0.15) is 0 Å². The Hall–Kier alpha value is -2.93. The fraction of sp³-hybridized carbons (Fsp3) is 0.772. The van der Waals surface area contributed by atoms with E-state index in [-0.39, 0.29) is 18.0 Å². The number of rotatable bonds is 49. The van der Waals surface area contributed by atoms with Crippen molar-refractivity contribution in [3.63, 3.8) is 0 Å². The highest BCUT2D eigenvalue weighted by Gasteiger charge is 2.19. The van der Waals surface area contributed by atoms with E-state index in [9.17, 15) is 19.5 Å². The fourth-order valence-electron chi connectivity index (χ4n) is 8.07. The van der Waals surface area contributed by atoms with E-state index in [0.717, 1.165) is 103 Å². The molecule has 370 valence electrons. The summed E-state index contributed by atoms with van der Waals surface area (Å²) in [6, 6.07) is -0.859. The number of nitrogens with one attached hydrogen (secondary N) is 1. The maximum Gasteiger partial charge on any atom is 0.326 e. The molecule has 64 heavy (non-hydrogen) atoms. The van der Waals surface area contributed by atoms with E-state index in [1.165, 1.54) is 122 Å². The van der Waals surface area contributed by atoms with Gasteiger partial charge in [-0.3, -0.25) is 9.59 Å². The molecule has 0 saturated heterocycles. The van der Waals surface area contributed by atoms with Crippen molar-refractivity contribution >= 4 is 17.8 Å². The third kappa shape index (κ3) is 47.0. The summed E-state index contributed by atoms with van der Waals surface area (Å²) in [4.78, 5) is 36.6. The maximum absolute atomic E-state index is 12.9. The number of aliphatic carboxylic acids is 1. The van der Waals surface area contributed by atoms with Gasteiger partial charge in [0.2, 0.25) is 5.91 Å². The van der Waals surface area contributed by atoms with Crippen molar-refractivity contribution in [2.75, 3.05) is 6.54 Å². The number of carbonyl (C=O) groups is 3. The van der Waals surface area contributed by atoms with Gasteiger partial charge in [0.1, 0.15) is 12.1 Å². The smallest absolute Gasteiger partial charge is 0.326 e. The minimum atomic E-state index is -1.00. The topological polar surface area (TPSA) is 119 Å². The van der Waals surface area contributed by atoms with Crippen LogP contribution in [-0.4, -0.2) is 41.6 Å². The van der Waals surface area contributed by atoms with Gasteiger partial charge in [-0.05, 0) is 103 Å². The van der Waals surface area contributed by atoms with Crippen molar-refractivity contribution in [2.24, 2.45) is 5.73 Å². The number of carboxylic acid groups (broad SMARTS) is 1. The third-order valence-corrected chi connectivity index (χ3v) is 12.1. The first-order valence-electron chi connectivity index (χ1n) is 27.1. The quantitative estimate of drug-likeness (QED) is 0.0318. The first-order valence-corrected chi connectivity index (χ1v) is 27.1. The molecule has 0 saturated carbocycles. The fourth-order valence-corrected chi connectivity index (χ4v) is 8.07. The average Bonchev–Trinajstić information content (AvgIpc) is 3.28. The van der Waals surface area contributed by atoms with Crippen LogP contribution in [0.5, 0.6) is 0 Å². The van der Waals surface area contributed by atoms with Gasteiger partial charge in [-0.25, -0.2) is 4.79 Å². The SMILES string of the molecule is CC/C=C\C/C=C\C/C=C\C/C=C\C/C=C\CCCCCCCCCC(=O)OC(CCCCCCCCCCCCCCCCC)CCCCCCCC(=O)NC(CCCN)C(=O)O. The first-order chi connectivity index (χ1) is 31.4. The number of esters is 1. The van der Waals surface area contributed by atoms with Crippen LogP contribution in [0.3, 0.4) is 0 Å². The molecule has 7 nitrogen and oxygen atoms in total. The van der Waals surface area contributed by atoms with E-state index < -0.39 is 12.0 Å². The summed E-state index contributed by atoms with van der Waals surface area (Å²) in [5.74, 6) is -1.23. The van der Waals surface area contributed by atoms with E-state index in [4.69, 9.17) is 10.5 Å². The average molecular weight is 895 g/mol. The number of amides is 1. The predicted octanol–water partition coefficient (Wildman–Crippen LogP) is 16.5. The van der Waals surface area contributed by atoms with Gasteiger partial charge in [0.15, 0.2) is 0 Å². The Morgan fingerprint density at radius 2 is 0.859 bits per heavy atom. The largest absolute Gasteiger partial charge is 0.480 e. The normalized spacial score (nSPS) is 13.0. The number of unbranched alkanes of at least 4 members (excludes halogenated alkanes) is 25. The molecule has 0 heterocycles. The van der Waals surface area contributed by atoms with Gasteiger partial charge in [0.05, 0.1) is 0 Å². The minimum absolute atomic E-state index is 0.00434. The zero-order valence-electron chi connectivity index (χ0n) is 41.9. The monoisotopic (exact) mass is 895 g/mol. The Morgan fingerprint density at radius 3 is 1.30 bits per heavy atom. The van der Waals surface area contributed by atoms with Gasteiger partial charge < -0.3 is 20.9 Å². The Bertz CT molecular complexity index is 1190. The van der Waals surface area contributed by atoms with Crippen LogP contribution in [0.25, 0.3) is 0 Å². The van der Waals surface area contributed by atoms with E-state index in [2.05, 4.69) is 79.9 Å². The number of carboxylic acids is 1. The molecule has 0 spiro atoms. The number of carbonyl (C=O) groups excluding carboxylic acids is 2. The first kappa shape index (κ1) is 61.1. The van der Waals surface area contributed by atoms with Gasteiger partial charge >= 0.3 is 11.9 Å². The molecule has 2 atom stereocenters. The van der Waals surface area contributed by atoms with Crippen molar-refractivity contribution in [3.8, 4) is 0 Å². The summed E-state index contributed by atoms with van der Waals surface area (Å²) < 4.78 is 6.10. The molecule has 2 unspecified atom stereocenters. The Morgan fingerprint density at radius 1 is 0.469 bits per heavy atom. The summed E-state index contributed by atoms with van der Waals surface area (Å²) in [5, 5.41) is 12.0. The highest BCUT2D eigenvalue weighted by molar-refractivity contribution is 5.83. The molecule has 0 fully saturated rings. The van der Waals surface area contributed by atoms with Crippen molar-refractivity contribution in [3.05, 3.63) is 60.8 Å². The summed E-state index contributed by atoms with van der Waals surface area (Å²) in [7, 11) is 0. The Kier molecular flexibility index (Phi) is 48.7. The molecular weight excluding hydrogens is 793 g/mol. The van der Waals surface area contributed by atoms with E-state index in [1.807, 2.05) is 0 Å². The second-order valence-corrected chi connectivity index (χ2v) is 18.3. The number of ether oxygens (including phenoxy) is 1. The molecule has 0 aromatic rings. The lowest BCUT2D eigenvalue weighted by Crippen LogP contribution is -2.40. The second kappa shape index (κ2) is 51.1. The van der Waals surface area contributed by atoms with Crippen molar-refractivity contribution in [1.82, 2.24) is 5.32 Å². The highest BCUT2D eigenvalue weighted by Crippen LogP contribution is 2.19. The van der Waals surface area contributed by atoms with Gasteiger partial charge in [0, 0.05) is 12.8 Å².